The van der Waals surface area contributed by atoms with Gasteiger partial charge in [-0.15, -0.1) is 0 Å². The summed E-state index contributed by atoms with van der Waals surface area (Å²) in [6.45, 7) is 0. The predicted octanol–water partition coefficient (Wildman–Crippen LogP) is 12.0. The van der Waals surface area contributed by atoms with Crippen LogP contribution in [0.1, 0.15) is 16.4 Å². The first-order valence-electron chi connectivity index (χ1n) is 19.8. The largest absolute Gasteiger partial charge is 0.456 e. The van der Waals surface area contributed by atoms with Gasteiger partial charge in [-0.2, -0.15) is 0 Å². The molecular weight excluding hydrogens is 520 g/mol. The molecule has 0 amide bonds. The van der Waals surface area contributed by atoms with Crippen molar-refractivity contribution in [1.82, 2.24) is 0 Å². The van der Waals surface area contributed by atoms with Crippen molar-refractivity contribution in [3.8, 4) is 33.4 Å². The number of hydrogen-bond acceptors (Lipinski definition) is 1. The van der Waals surface area contributed by atoms with Crippen molar-refractivity contribution < 1.29 is 20.9 Å². The van der Waals surface area contributed by atoms with Crippen LogP contribution in [0.15, 0.2) is 162 Å². The molecule has 8 aromatic carbocycles. The molecule has 200 valence electrons. The van der Waals surface area contributed by atoms with Gasteiger partial charge in [-0.25, -0.2) is 0 Å². The molecular formula is C42H26O. The fraction of sp³-hybridized carbons (Fsp3) is 0. The van der Waals surface area contributed by atoms with Gasteiger partial charge in [0.2, 0.25) is 0 Å². The zero-order valence-corrected chi connectivity index (χ0v) is 22.5. The Kier molecular flexibility index (Phi) is 3.29. The Morgan fingerprint density at radius 2 is 1.00 bits per heavy atom. The molecule has 43 heavy (non-hydrogen) atoms. The van der Waals surface area contributed by atoms with E-state index >= 15 is 0 Å². The van der Waals surface area contributed by atoms with Crippen LogP contribution in [0.3, 0.4) is 0 Å². The van der Waals surface area contributed by atoms with Gasteiger partial charge < -0.3 is 4.42 Å². The number of benzene rings is 8. The number of fused-ring (bicyclic) bond motifs is 6. The average molecular weight is 559 g/mol. The molecule has 0 radical (unpaired) electrons. The fourth-order valence-electron chi connectivity index (χ4n) is 6.05. The van der Waals surface area contributed by atoms with E-state index in [-0.39, 0.29) is 43.8 Å². The molecule has 0 saturated heterocycles. The van der Waals surface area contributed by atoms with Gasteiger partial charge in [0.25, 0.3) is 0 Å². The zero-order valence-electron chi connectivity index (χ0n) is 34.5. The normalized spacial score (nSPS) is 15.6. The second-order valence-electron chi connectivity index (χ2n) is 10.3. The Balaban J connectivity index is 1.57. The second-order valence-corrected chi connectivity index (χ2v) is 10.3. The highest BCUT2D eigenvalue weighted by molar-refractivity contribution is 6.26. The Morgan fingerprint density at radius 1 is 0.419 bits per heavy atom. The Hall–Kier alpha value is -5.66. The summed E-state index contributed by atoms with van der Waals surface area (Å²) < 4.78 is 116. The molecule has 9 rings (SSSR count). The summed E-state index contributed by atoms with van der Waals surface area (Å²) in [6.07, 6.45) is 0. The molecule has 0 spiro atoms. The van der Waals surface area contributed by atoms with Gasteiger partial charge in [0, 0.05) is 10.8 Å². The molecule has 1 heteroatoms. The summed E-state index contributed by atoms with van der Waals surface area (Å²) >= 11 is 0. The highest BCUT2D eigenvalue weighted by Crippen LogP contribution is 2.47. The van der Waals surface area contributed by atoms with Gasteiger partial charge in [0.15, 0.2) is 0 Å². The van der Waals surface area contributed by atoms with E-state index in [2.05, 4.69) is 0 Å². The molecule has 0 aliphatic heterocycles. The lowest BCUT2D eigenvalue weighted by Gasteiger charge is -2.18. The topological polar surface area (TPSA) is 13.1 Å². The summed E-state index contributed by atoms with van der Waals surface area (Å²) in [5.41, 5.74) is 1.27. The maximum absolute atomic E-state index is 9.38. The van der Waals surface area contributed by atoms with E-state index in [1.165, 1.54) is 0 Å². The van der Waals surface area contributed by atoms with Crippen LogP contribution in [0.25, 0.3) is 87.6 Å². The molecule has 0 unspecified atom stereocenters. The maximum atomic E-state index is 9.38. The summed E-state index contributed by atoms with van der Waals surface area (Å²) in [5, 5.41) is 2.43. The quantitative estimate of drug-likeness (QED) is 0.197. The Bertz CT molecular complexity index is 3060. The van der Waals surface area contributed by atoms with Crippen molar-refractivity contribution in [3.63, 3.8) is 0 Å². The summed E-state index contributed by atoms with van der Waals surface area (Å²) in [4.78, 5) is 0. The molecule has 1 nitrogen and oxygen atoms in total. The van der Waals surface area contributed by atoms with E-state index in [0.717, 1.165) is 10.8 Å². The van der Waals surface area contributed by atoms with Crippen molar-refractivity contribution >= 4 is 54.3 Å². The first-order chi connectivity index (χ1) is 26.3. The smallest absolute Gasteiger partial charge is 0.136 e. The van der Waals surface area contributed by atoms with Gasteiger partial charge in [0.1, 0.15) is 11.2 Å². The van der Waals surface area contributed by atoms with E-state index in [0.29, 0.717) is 33.1 Å². The minimum absolute atomic E-state index is 0.0134. The summed E-state index contributed by atoms with van der Waals surface area (Å²) in [5.74, 6) is 0. The van der Waals surface area contributed by atoms with Crippen LogP contribution in [0.5, 0.6) is 0 Å². The van der Waals surface area contributed by atoms with E-state index in [4.69, 9.17) is 12.6 Å². The Labute approximate surface area is 266 Å². The first kappa shape index (κ1) is 15.0. The molecule has 0 saturated carbocycles. The van der Waals surface area contributed by atoms with E-state index in [1.807, 2.05) is 36.4 Å². The van der Waals surface area contributed by atoms with Gasteiger partial charge in [0.05, 0.1) is 16.4 Å². The first-order valence-corrected chi connectivity index (χ1v) is 13.8. The lowest BCUT2D eigenvalue weighted by molar-refractivity contribution is 0.669. The monoisotopic (exact) mass is 558 g/mol. The van der Waals surface area contributed by atoms with Crippen LogP contribution in [0, 0.1) is 0 Å². The van der Waals surface area contributed by atoms with Crippen molar-refractivity contribution in [2.24, 2.45) is 0 Å². The van der Waals surface area contributed by atoms with Crippen LogP contribution >= 0.6 is 0 Å². The van der Waals surface area contributed by atoms with E-state index < -0.39 is 72.5 Å². The van der Waals surface area contributed by atoms with Gasteiger partial charge >= 0.3 is 0 Å². The fourth-order valence-corrected chi connectivity index (χ4v) is 6.05. The molecule has 0 atom stereocenters. The van der Waals surface area contributed by atoms with E-state index in [1.54, 1.807) is 48.5 Å². The summed E-state index contributed by atoms with van der Waals surface area (Å²) in [6, 6.07) is 18.7. The van der Waals surface area contributed by atoms with Crippen LogP contribution in [0.2, 0.25) is 0 Å². The molecule has 0 bridgehead atoms. The third-order valence-corrected chi connectivity index (χ3v) is 7.95. The molecule has 1 heterocycles. The van der Waals surface area contributed by atoms with Crippen LogP contribution in [0.4, 0.5) is 0 Å². The van der Waals surface area contributed by atoms with Crippen molar-refractivity contribution in [2.45, 2.75) is 0 Å². The van der Waals surface area contributed by atoms with Gasteiger partial charge in [-0.3, -0.25) is 0 Å². The molecule has 1 aromatic heterocycles. The van der Waals surface area contributed by atoms with Crippen molar-refractivity contribution in [1.29, 1.82) is 0 Å². The highest BCUT2D eigenvalue weighted by atomic mass is 16.3. The second kappa shape index (κ2) is 9.44. The third-order valence-electron chi connectivity index (χ3n) is 7.95. The Morgan fingerprint density at radius 3 is 1.67 bits per heavy atom. The SMILES string of the molecule is [2H]c1c([2H])c(-c2c3c([2H])c([2H])c([2H])c([2H])c3c(-c3cccc4oc5cc6ccccc6cc5c34)c3c([2H])c([2H])c([2H])c([2H])c23)c([2H])c([2H])c1-c1ccccc1. The molecule has 0 N–H and O–H groups in total. The van der Waals surface area contributed by atoms with Gasteiger partial charge in [-0.05, 0) is 83.9 Å². The minimum atomic E-state index is -0.639. The van der Waals surface area contributed by atoms with Crippen LogP contribution < -0.4 is 0 Å². The maximum Gasteiger partial charge on any atom is 0.136 e. The van der Waals surface area contributed by atoms with E-state index in [9.17, 15) is 8.22 Å². The summed E-state index contributed by atoms with van der Waals surface area (Å²) in [7, 11) is 0. The molecule has 0 aliphatic carbocycles. The number of hydrogen-bond donors (Lipinski definition) is 0. The lowest BCUT2D eigenvalue weighted by atomic mass is 9.84. The minimum Gasteiger partial charge on any atom is -0.456 e. The lowest BCUT2D eigenvalue weighted by Crippen LogP contribution is -1.91. The van der Waals surface area contributed by atoms with Crippen molar-refractivity contribution in [3.05, 3.63) is 157 Å². The predicted molar refractivity (Wildman–Crippen MR) is 183 cm³/mol. The molecule has 0 aliphatic rings. The van der Waals surface area contributed by atoms with Crippen LogP contribution in [-0.4, -0.2) is 0 Å². The highest BCUT2D eigenvalue weighted by Gasteiger charge is 2.20. The third kappa shape index (κ3) is 3.72. The standard InChI is InChI=1S/C42H26O/c1-2-11-27(12-3-1)28-21-23-29(24-22-28)40-32-15-6-8-17-34(32)41(35-18-9-7-16-33(35)40)36-19-10-20-38-42(36)37-25-30-13-4-5-14-31(30)26-39(37)43-38/h1-26H/i6D,7D,8D,9D,15D,16D,17D,18D,21D,22D,23D,24D. The zero-order chi connectivity index (χ0) is 38.8. The molecule has 9 aromatic rings. The average Bonchev–Trinajstić information content (AvgIpc) is 3.56. The van der Waals surface area contributed by atoms with Gasteiger partial charge in [-0.1, -0.05) is 139 Å². The number of rotatable bonds is 3. The number of furan rings is 1. The molecule has 0 fully saturated rings. The van der Waals surface area contributed by atoms with Crippen molar-refractivity contribution in [2.75, 3.05) is 0 Å². The van der Waals surface area contributed by atoms with Crippen LogP contribution in [-0.2, 0) is 0 Å².